The van der Waals surface area contributed by atoms with Gasteiger partial charge in [-0.3, -0.25) is 4.79 Å². The molecule has 3 aliphatic carbocycles. The minimum atomic E-state index is -0.534. The van der Waals surface area contributed by atoms with Gasteiger partial charge in [-0.1, -0.05) is 49.8 Å². The topological polar surface area (TPSA) is 51.2 Å². The number of hydrogen-bond acceptors (Lipinski definition) is 4. The number of carbonyl (C=O) groups is 1. The van der Waals surface area contributed by atoms with Crippen molar-refractivity contribution >= 4 is 22.4 Å². The van der Waals surface area contributed by atoms with E-state index in [1.165, 1.54) is 44.1 Å². The van der Waals surface area contributed by atoms with Crippen molar-refractivity contribution in [3.63, 3.8) is 0 Å². The van der Waals surface area contributed by atoms with Crippen LogP contribution in [-0.2, 0) is 16.0 Å². The number of methoxy groups -OCH3 is 1. The predicted molar refractivity (Wildman–Crippen MR) is 142 cm³/mol. The van der Waals surface area contributed by atoms with Crippen molar-refractivity contribution in [2.45, 2.75) is 90.6 Å². The van der Waals surface area contributed by atoms with Gasteiger partial charge in [0.15, 0.2) is 5.13 Å². The van der Waals surface area contributed by atoms with Crippen molar-refractivity contribution < 1.29 is 9.53 Å². The molecule has 0 fully saturated rings. The van der Waals surface area contributed by atoms with Crippen molar-refractivity contribution in [1.82, 2.24) is 4.98 Å². The summed E-state index contributed by atoms with van der Waals surface area (Å²) >= 11 is 1.56. The van der Waals surface area contributed by atoms with Crippen LogP contribution in [0, 0.1) is 23.2 Å². The number of hydrogen-bond donors (Lipinski definition) is 1. The van der Waals surface area contributed by atoms with E-state index in [4.69, 9.17) is 9.72 Å². The minimum absolute atomic E-state index is 0.0789. The minimum Gasteiger partial charge on any atom is -0.381 e. The van der Waals surface area contributed by atoms with Gasteiger partial charge in [-0.25, -0.2) is 4.98 Å². The van der Waals surface area contributed by atoms with E-state index in [1.54, 1.807) is 18.4 Å². The van der Waals surface area contributed by atoms with Crippen LogP contribution in [0.4, 0.5) is 5.13 Å². The molecule has 1 aromatic heterocycles. The molecule has 4 unspecified atom stereocenters. The Morgan fingerprint density at radius 2 is 2.12 bits per heavy atom. The number of ether oxygens (including phenoxy) is 1. The van der Waals surface area contributed by atoms with Gasteiger partial charge in [0, 0.05) is 18.4 Å². The molecule has 0 saturated heterocycles. The molecule has 0 aliphatic heterocycles. The van der Waals surface area contributed by atoms with Gasteiger partial charge in [-0.05, 0) is 82.5 Å². The molecule has 0 bridgehead atoms. The summed E-state index contributed by atoms with van der Waals surface area (Å²) in [6, 6.07) is 0. The zero-order valence-electron chi connectivity index (χ0n) is 21.2. The summed E-state index contributed by atoms with van der Waals surface area (Å²) < 4.78 is 5.71. The summed E-state index contributed by atoms with van der Waals surface area (Å²) in [5.41, 5.74) is 2.03. The standard InChI is InChI=1S/C29H42N2O2S/c1-29(2,26(22-13-8-5-9-14-22)23-15-10-16-25(19-23)33-3)27(32)31-28-30-24(20-34-28)18-17-21-11-6-4-7-12-21/h4,6,10,13,15,20-21,23,25-26H,5,7-9,11-12,14,16-19H2,1-3H3,(H,30,31,32). The highest BCUT2D eigenvalue weighted by atomic mass is 32.1. The number of anilines is 1. The van der Waals surface area contributed by atoms with Crippen molar-refractivity contribution in [1.29, 1.82) is 0 Å². The van der Waals surface area contributed by atoms with Crippen molar-refractivity contribution in [3.8, 4) is 0 Å². The third-order valence-electron chi connectivity index (χ3n) is 8.13. The molecule has 0 spiro atoms. The Hall–Kier alpha value is -1.72. The van der Waals surface area contributed by atoms with E-state index in [0.717, 1.165) is 48.8 Å². The van der Waals surface area contributed by atoms with Gasteiger partial charge in [0.1, 0.15) is 0 Å². The Bertz CT molecular complexity index is 913. The van der Waals surface area contributed by atoms with E-state index in [9.17, 15) is 4.79 Å². The third-order valence-corrected chi connectivity index (χ3v) is 8.93. The molecule has 5 heteroatoms. The van der Waals surface area contributed by atoms with Crippen molar-refractivity contribution in [3.05, 3.63) is 47.0 Å². The fourth-order valence-electron chi connectivity index (χ4n) is 6.09. The SMILES string of the molecule is COC1CC=CC(C(C2=CCCCC2)C(C)(C)C(=O)Nc2nc(CCC3CC=CCC3)cs2)C1. The smallest absolute Gasteiger partial charge is 0.232 e. The second-order valence-corrected chi connectivity index (χ2v) is 11.8. The molecule has 4 atom stereocenters. The molecule has 1 amide bonds. The number of carbonyl (C=O) groups excluding carboxylic acids is 1. The first-order valence-corrected chi connectivity index (χ1v) is 14.1. The maximum atomic E-state index is 13.7. The molecule has 0 saturated carbocycles. The molecule has 4 nitrogen and oxygen atoms in total. The van der Waals surface area contributed by atoms with Crippen LogP contribution in [-0.4, -0.2) is 24.1 Å². The van der Waals surface area contributed by atoms with Gasteiger partial charge >= 0.3 is 0 Å². The lowest BCUT2D eigenvalue weighted by molar-refractivity contribution is -0.127. The highest BCUT2D eigenvalue weighted by molar-refractivity contribution is 7.13. The number of amides is 1. The van der Waals surface area contributed by atoms with E-state index in [0.29, 0.717) is 5.92 Å². The van der Waals surface area contributed by atoms with Gasteiger partial charge in [0.05, 0.1) is 17.2 Å². The number of nitrogens with one attached hydrogen (secondary N) is 1. The summed E-state index contributed by atoms with van der Waals surface area (Å²) in [5.74, 6) is 1.35. The van der Waals surface area contributed by atoms with Crippen LogP contribution >= 0.6 is 11.3 Å². The number of aromatic nitrogens is 1. The van der Waals surface area contributed by atoms with Gasteiger partial charge in [-0.2, -0.15) is 0 Å². The number of thiazole rings is 1. The average molecular weight is 483 g/mol. The van der Waals surface area contributed by atoms with Crippen LogP contribution in [0.5, 0.6) is 0 Å². The fraction of sp³-hybridized carbons (Fsp3) is 0.655. The molecular formula is C29H42N2O2S. The van der Waals surface area contributed by atoms with Crippen LogP contribution < -0.4 is 5.32 Å². The van der Waals surface area contributed by atoms with Crippen LogP contribution in [0.25, 0.3) is 0 Å². The molecular weight excluding hydrogens is 440 g/mol. The van der Waals surface area contributed by atoms with E-state index < -0.39 is 5.41 Å². The van der Waals surface area contributed by atoms with Gasteiger partial charge in [-0.15, -0.1) is 11.3 Å². The highest BCUT2D eigenvalue weighted by Crippen LogP contribution is 2.46. The molecule has 4 rings (SSSR count). The van der Waals surface area contributed by atoms with Gasteiger partial charge in [0.2, 0.25) is 5.91 Å². The lowest BCUT2D eigenvalue weighted by Gasteiger charge is -2.42. The fourth-order valence-corrected chi connectivity index (χ4v) is 6.83. The number of aryl methyl sites for hydroxylation is 1. The molecule has 0 aromatic carbocycles. The van der Waals surface area contributed by atoms with Crippen molar-refractivity contribution in [2.24, 2.45) is 23.2 Å². The first-order chi connectivity index (χ1) is 16.5. The maximum Gasteiger partial charge on any atom is 0.232 e. The van der Waals surface area contributed by atoms with Crippen molar-refractivity contribution in [2.75, 3.05) is 12.4 Å². The Morgan fingerprint density at radius 3 is 2.85 bits per heavy atom. The molecule has 186 valence electrons. The molecule has 1 aromatic rings. The van der Waals surface area contributed by atoms with Crippen LogP contribution in [0.15, 0.2) is 41.3 Å². The summed E-state index contributed by atoms with van der Waals surface area (Å²) in [6.07, 6.45) is 24.3. The zero-order chi connectivity index (χ0) is 24.0. The van der Waals surface area contributed by atoms with E-state index in [-0.39, 0.29) is 17.9 Å². The summed E-state index contributed by atoms with van der Waals surface area (Å²) in [5, 5.41) is 6.06. The molecule has 1 N–H and O–H groups in total. The molecule has 34 heavy (non-hydrogen) atoms. The van der Waals surface area contributed by atoms with Crippen LogP contribution in [0.3, 0.4) is 0 Å². The van der Waals surface area contributed by atoms with E-state index in [2.05, 4.69) is 54.9 Å². The Balaban J connectivity index is 1.44. The first kappa shape index (κ1) is 25.4. The normalized spacial score (nSPS) is 26.2. The molecule has 1 heterocycles. The predicted octanol–water partition coefficient (Wildman–Crippen LogP) is 7.49. The van der Waals surface area contributed by atoms with Crippen LogP contribution in [0.1, 0.15) is 83.7 Å². The molecule has 3 aliphatic rings. The van der Waals surface area contributed by atoms with Crippen LogP contribution in [0.2, 0.25) is 0 Å². The summed E-state index contributed by atoms with van der Waals surface area (Å²) in [6.45, 7) is 4.25. The average Bonchev–Trinajstić information content (AvgIpc) is 3.31. The van der Waals surface area contributed by atoms with E-state index in [1.807, 2.05) is 0 Å². The number of nitrogens with zero attached hydrogens (tertiary/aromatic N) is 1. The number of allylic oxidation sites excluding steroid dienone is 5. The second-order valence-electron chi connectivity index (χ2n) is 10.9. The Labute approximate surface area is 210 Å². The monoisotopic (exact) mass is 482 g/mol. The lowest BCUT2D eigenvalue weighted by Crippen LogP contribution is -2.43. The zero-order valence-corrected chi connectivity index (χ0v) is 22.0. The maximum absolute atomic E-state index is 13.7. The van der Waals surface area contributed by atoms with Gasteiger partial charge in [0.25, 0.3) is 0 Å². The largest absolute Gasteiger partial charge is 0.381 e. The Kier molecular flexibility index (Phi) is 8.81. The quantitative estimate of drug-likeness (QED) is 0.371. The second kappa shape index (κ2) is 11.8. The highest BCUT2D eigenvalue weighted by Gasteiger charge is 2.44. The number of rotatable bonds is 9. The Morgan fingerprint density at radius 1 is 1.24 bits per heavy atom. The summed E-state index contributed by atoms with van der Waals surface area (Å²) in [4.78, 5) is 18.5. The van der Waals surface area contributed by atoms with Gasteiger partial charge < -0.3 is 10.1 Å². The molecule has 0 radical (unpaired) electrons. The summed E-state index contributed by atoms with van der Waals surface area (Å²) in [7, 11) is 1.80. The van der Waals surface area contributed by atoms with E-state index >= 15 is 0 Å². The first-order valence-electron chi connectivity index (χ1n) is 13.3. The third kappa shape index (κ3) is 6.28. The lowest BCUT2D eigenvalue weighted by atomic mass is 9.63.